The third kappa shape index (κ3) is 2.50. The number of nitrogens with zero attached hydrogens (tertiary/aromatic N) is 3. The molecule has 1 atom stereocenters. The van der Waals surface area contributed by atoms with E-state index in [0.29, 0.717) is 38.2 Å². The molecule has 1 N–H and O–H groups in total. The molecule has 1 aliphatic rings. The Morgan fingerprint density at radius 1 is 0.853 bits per heavy atom. The number of carbonyl (C=O) groups is 3. The average molecular weight is 452 g/mol. The Morgan fingerprint density at radius 3 is 2.18 bits per heavy atom. The highest BCUT2D eigenvalue weighted by Gasteiger charge is 2.39. The Balaban J connectivity index is 1.65. The van der Waals surface area contributed by atoms with Crippen LogP contribution < -0.4 is 10.9 Å². The molecule has 0 spiro atoms. The second kappa shape index (κ2) is 6.84. The molecule has 0 saturated carbocycles. The number of benzene rings is 3. The SMILES string of the molecule is CC(C)NC(=O)C(C)N1C(=O)c2ccc3c(=O)n4c5ccccc5nc4c4ccc(c2c34)C1=O. The zero-order valence-electron chi connectivity index (χ0n) is 18.7. The number of rotatable bonds is 3. The summed E-state index contributed by atoms with van der Waals surface area (Å²) in [5.74, 6) is -1.52. The fraction of sp³-hybridized carbons (Fsp3) is 0.192. The number of hydrogen-bond donors (Lipinski definition) is 1. The number of carbonyl (C=O) groups excluding carboxylic acids is 3. The maximum Gasteiger partial charge on any atom is 0.264 e. The van der Waals surface area contributed by atoms with Crippen LogP contribution in [-0.2, 0) is 4.79 Å². The number of amides is 3. The number of imidazole rings is 1. The lowest BCUT2D eigenvalue weighted by Gasteiger charge is -2.32. The first-order valence-electron chi connectivity index (χ1n) is 11.1. The smallest absolute Gasteiger partial charge is 0.264 e. The minimum Gasteiger partial charge on any atom is -0.352 e. The maximum atomic E-state index is 13.5. The van der Waals surface area contributed by atoms with Gasteiger partial charge in [0.2, 0.25) is 5.91 Å². The highest BCUT2D eigenvalue weighted by Crippen LogP contribution is 2.37. The molecule has 1 unspecified atom stereocenters. The lowest BCUT2D eigenvalue weighted by molar-refractivity contribution is -0.125. The Morgan fingerprint density at radius 2 is 1.50 bits per heavy atom. The van der Waals surface area contributed by atoms with E-state index in [2.05, 4.69) is 10.3 Å². The van der Waals surface area contributed by atoms with Gasteiger partial charge in [-0.15, -0.1) is 0 Å². The van der Waals surface area contributed by atoms with Crippen LogP contribution in [0.2, 0.25) is 0 Å². The summed E-state index contributed by atoms with van der Waals surface area (Å²) in [6, 6.07) is 12.9. The van der Waals surface area contributed by atoms with Crippen molar-refractivity contribution in [3.8, 4) is 0 Å². The number of pyridine rings is 1. The third-order valence-corrected chi connectivity index (χ3v) is 6.49. The molecule has 168 valence electrons. The molecule has 34 heavy (non-hydrogen) atoms. The van der Waals surface area contributed by atoms with E-state index in [9.17, 15) is 19.2 Å². The average Bonchev–Trinajstić information content (AvgIpc) is 3.20. The minimum absolute atomic E-state index is 0.131. The largest absolute Gasteiger partial charge is 0.352 e. The van der Waals surface area contributed by atoms with E-state index in [1.54, 1.807) is 28.7 Å². The van der Waals surface area contributed by atoms with E-state index >= 15 is 0 Å². The van der Waals surface area contributed by atoms with Crippen molar-refractivity contribution in [3.63, 3.8) is 0 Å². The number of fused-ring (bicyclic) bond motifs is 4. The summed E-state index contributed by atoms with van der Waals surface area (Å²) in [7, 11) is 0. The number of hydrogen-bond acceptors (Lipinski definition) is 5. The molecule has 3 heterocycles. The van der Waals surface area contributed by atoms with Crippen LogP contribution in [0, 0.1) is 0 Å². The molecule has 2 aromatic heterocycles. The van der Waals surface area contributed by atoms with Crippen LogP contribution in [-0.4, -0.2) is 44.1 Å². The quantitative estimate of drug-likeness (QED) is 0.424. The van der Waals surface area contributed by atoms with Crippen LogP contribution in [0.15, 0.2) is 53.3 Å². The summed E-state index contributed by atoms with van der Waals surface area (Å²) in [6.45, 7) is 5.16. The number of imide groups is 1. The van der Waals surface area contributed by atoms with Crippen LogP contribution in [0.1, 0.15) is 41.5 Å². The summed E-state index contributed by atoms with van der Waals surface area (Å²) < 4.78 is 1.58. The van der Waals surface area contributed by atoms with Crippen LogP contribution in [0.25, 0.3) is 38.2 Å². The van der Waals surface area contributed by atoms with Gasteiger partial charge in [-0.2, -0.15) is 0 Å². The van der Waals surface area contributed by atoms with Crippen LogP contribution in [0.3, 0.4) is 0 Å². The molecule has 0 aliphatic carbocycles. The molecule has 0 saturated heterocycles. The second-order valence-corrected chi connectivity index (χ2v) is 8.96. The first-order valence-corrected chi connectivity index (χ1v) is 11.1. The lowest BCUT2D eigenvalue weighted by atomic mass is 9.89. The highest BCUT2D eigenvalue weighted by atomic mass is 16.2. The van der Waals surface area contributed by atoms with Gasteiger partial charge in [0.1, 0.15) is 11.7 Å². The van der Waals surface area contributed by atoms with E-state index in [0.717, 1.165) is 4.90 Å². The van der Waals surface area contributed by atoms with Crippen LogP contribution in [0.5, 0.6) is 0 Å². The number of nitrogens with one attached hydrogen (secondary N) is 1. The van der Waals surface area contributed by atoms with Gasteiger partial charge >= 0.3 is 0 Å². The molecule has 3 amide bonds. The van der Waals surface area contributed by atoms with Gasteiger partial charge in [-0.25, -0.2) is 4.98 Å². The van der Waals surface area contributed by atoms with E-state index < -0.39 is 23.8 Å². The summed E-state index contributed by atoms with van der Waals surface area (Å²) >= 11 is 0. The molecular formula is C26H20N4O4. The fourth-order valence-electron chi connectivity index (χ4n) is 4.98. The summed E-state index contributed by atoms with van der Waals surface area (Å²) in [5.41, 5.74) is 2.19. The monoisotopic (exact) mass is 452 g/mol. The first kappa shape index (κ1) is 20.3. The van der Waals surface area contributed by atoms with Gasteiger partial charge in [0.25, 0.3) is 17.4 Å². The van der Waals surface area contributed by atoms with Crippen LogP contribution >= 0.6 is 0 Å². The van der Waals surface area contributed by atoms with Gasteiger partial charge in [-0.05, 0) is 57.2 Å². The van der Waals surface area contributed by atoms with Crippen molar-refractivity contribution in [1.29, 1.82) is 0 Å². The third-order valence-electron chi connectivity index (χ3n) is 6.49. The first-order chi connectivity index (χ1) is 16.3. The van der Waals surface area contributed by atoms with E-state index in [4.69, 9.17) is 0 Å². The molecule has 0 bridgehead atoms. The highest BCUT2D eigenvalue weighted by molar-refractivity contribution is 6.32. The molecule has 5 aromatic rings. The van der Waals surface area contributed by atoms with E-state index in [1.807, 2.05) is 38.1 Å². The fourth-order valence-corrected chi connectivity index (χ4v) is 4.98. The van der Waals surface area contributed by atoms with Crippen molar-refractivity contribution in [2.45, 2.75) is 32.9 Å². The van der Waals surface area contributed by atoms with Crippen LogP contribution in [0.4, 0.5) is 0 Å². The molecule has 6 rings (SSSR count). The predicted octanol–water partition coefficient (Wildman–Crippen LogP) is 3.10. The Bertz CT molecular complexity index is 1750. The summed E-state index contributed by atoms with van der Waals surface area (Å²) in [4.78, 5) is 58.7. The molecule has 0 fully saturated rings. The molecule has 8 heteroatoms. The summed E-state index contributed by atoms with van der Waals surface area (Å²) in [5, 5.41) is 4.83. The zero-order chi connectivity index (χ0) is 23.9. The van der Waals surface area contributed by atoms with Gasteiger partial charge < -0.3 is 5.32 Å². The van der Waals surface area contributed by atoms with Crippen molar-refractivity contribution in [1.82, 2.24) is 19.6 Å². The molecule has 0 radical (unpaired) electrons. The van der Waals surface area contributed by atoms with Gasteiger partial charge in [-0.1, -0.05) is 12.1 Å². The normalized spacial score (nSPS) is 14.8. The number of aromatic nitrogens is 2. The lowest BCUT2D eigenvalue weighted by Crippen LogP contribution is -2.53. The maximum absolute atomic E-state index is 13.5. The zero-order valence-corrected chi connectivity index (χ0v) is 18.7. The van der Waals surface area contributed by atoms with Gasteiger partial charge in [0.15, 0.2) is 0 Å². The minimum atomic E-state index is -0.983. The van der Waals surface area contributed by atoms with Crippen molar-refractivity contribution >= 4 is 55.9 Å². The topological polar surface area (TPSA) is 101 Å². The van der Waals surface area contributed by atoms with E-state index in [1.165, 1.54) is 6.92 Å². The Kier molecular flexibility index (Phi) is 4.08. The molecular weight excluding hydrogens is 432 g/mol. The van der Waals surface area contributed by atoms with Gasteiger partial charge in [0, 0.05) is 38.7 Å². The Labute approximate surface area is 193 Å². The van der Waals surface area contributed by atoms with Crippen molar-refractivity contribution in [3.05, 3.63) is 70.0 Å². The second-order valence-electron chi connectivity index (χ2n) is 8.96. The van der Waals surface area contributed by atoms with Gasteiger partial charge in [0.05, 0.1) is 11.0 Å². The molecule has 1 aliphatic heterocycles. The van der Waals surface area contributed by atoms with Crippen molar-refractivity contribution in [2.75, 3.05) is 0 Å². The predicted molar refractivity (Wildman–Crippen MR) is 128 cm³/mol. The van der Waals surface area contributed by atoms with Crippen molar-refractivity contribution < 1.29 is 14.4 Å². The molecule has 8 nitrogen and oxygen atoms in total. The Hall–Kier alpha value is -4.33. The molecule has 3 aromatic carbocycles. The van der Waals surface area contributed by atoms with Crippen molar-refractivity contribution in [2.24, 2.45) is 0 Å². The standard InChI is InChI=1S/C26H20N4O4/c1-12(2)27-23(31)13(3)29-24(32)16-9-8-14-20-15(10-11-17(21(16)20)25(29)33)26(34)30-19-7-5-4-6-18(19)28-22(14)30/h4-13H,1-3H3,(H,27,31). The van der Waals surface area contributed by atoms with E-state index in [-0.39, 0.29) is 22.7 Å². The summed E-state index contributed by atoms with van der Waals surface area (Å²) in [6.07, 6.45) is 0. The number of para-hydroxylation sites is 2. The van der Waals surface area contributed by atoms with Gasteiger partial charge in [-0.3, -0.25) is 28.5 Å².